The van der Waals surface area contributed by atoms with Crippen molar-refractivity contribution in [1.82, 2.24) is 14.7 Å². The van der Waals surface area contributed by atoms with Crippen molar-refractivity contribution in [2.75, 3.05) is 39.3 Å². The third-order valence-corrected chi connectivity index (χ3v) is 4.55. The van der Waals surface area contributed by atoms with Gasteiger partial charge in [0.25, 0.3) is 0 Å². The van der Waals surface area contributed by atoms with Gasteiger partial charge in [-0.05, 0) is 46.7 Å². The quantitative estimate of drug-likeness (QED) is 0.778. The first-order valence-electron chi connectivity index (χ1n) is 8.82. The number of hydrogen-bond donors (Lipinski definition) is 0. The van der Waals surface area contributed by atoms with E-state index in [2.05, 4.69) is 11.8 Å². The summed E-state index contributed by atoms with van der Waals surface area (Å²) in [5.74, 6) is 0.232. The minimum absolute atomic E-state index is 0.0295. The van der Waals surface area contributed by atoms with Crippen LogP contribution in [0.2, 0.25) is 0 Å². The monoisotopic (exact) mass is 325 g/mol. The number of rotatable bonds is 2. The van der Waals surface area contributed by atoms with Gasteiger partial charge in [-0.2, -0.15) is 0 Å². The van der Waals surface area contributed by atoms with E-state index in [4.69, 9.17) is 4.74 Å². The van der Waals surface area contributed by atoms with Crippen LogP contribution in [-0.2, 0) is 9.53 Å². The first kappa shape index (κ1) is 18.0. The molecule has 0 unspecified atom stereocenters. The summed E-state index contributed by atoms with van der Waals surface area (Å²) in [4.78, 5) is 30.8. The Morgan fingerprint density at radius 3 is 2.17 bits per heavy atom. The predicted octanol–water partition coefficient (Wildman–Crippen LogP) is 1.94. The number of likely N-dealkylation sites (tertiary alicyclic amines) is 1. The highest BCUT2D eigenvalue weighted by atomic mass is 16.6. The summed E-state index contributed by atoms with van der Waals surface area (Å²) in [5.41, 5.74) is -0.478. The third-order valence-electron chi connectivity index (χ3n) is 4.55. The van der Waals surface area contributed by atoms with Gasteiger partial charge in [0.05, 0.1) is 6.04 Å². The van der Waals surface area contributed by atoms with Crippen LogP contribution in [-0.4, -0.2) is 77.6 Å². The van der Waals surface area contributed by atoms with Crippen LogP contribution in [0.5, 0.6) is 0 Å². The Morgan fingerprint density at radius 1 is 1.00 bits per heavy atom. The molecule has 0 aromatic rings. The zero-order valence-corrected chi connectivity index (χ0v) is 15.0. The maximum atomic E-state index is 12.8. The molecule has 2 fully saturated rings. The van der Waals surface area contributed by atoms with Gasteiger partial charge in [-0.15, -0.1) is 0 Å². The van der Waals surface area contributed by atoms with Crippen LogP contribution < -0.4 is 0 Å². The lowest BCUT2D eigenvalue weighted by molar-refractivity contribution is -0.140. The van der Waals surface area contributed by atoms with Crippen molar-refractivity contribution in [3.63, 3.8) is 0 Å². The third kappa shape index (κ3) is 4.83. The molecule has 0 spiro atoms. The van der Waals surface area contributed by atoms with Crippen LogP contribution in [0.1, 0.15) is 47.0 Å². The Morgan fingerprint density at radius 2 is 1.61 bits per heavy atom. The van der Waals surface area contributed by atoms with Gasteiger partial charge in [0.2, 0.25) is 5.91 Å². The Labute approximate surface area is 139 Å². The second-order valence-electron chi connectivity index (χ2n) is 7.43. The summed E-state index contributed by atoms with van der Waals surface area (Å²) in [5, 5.41) is 0. The topological polar surface area (TPSA) is 53.1 Å². The number of amides is 2. The molecule has 0 aliphatic carbocycles. The molecule has 0 aromatic heterocycles. The Kier molecular flexibility index (Phi) is 5.89. The number of likely N-dealkylation sites (N-methyl/N-ethyl adjacent to an activating group) is 1. The zero-order valence-electron chi connectivity index (χ0n) is 15.0. The molecule has 2 aliphatic heterocycles. The lowest BCUT2D eigenvalue weighted by Gasteiger charge is -2.40. The first-order chi connectivity index (χ1) is 10.8. The molecule has 2 saturated heterocycles. The number of hydrogen-bond acceptors (Lipinski definition) is 4. The number of piperazine rings is 1. The smallest absolute Gasteiger partial charge is 0.410 e. The number of carbonyl (C=O) groups excluding carboxylic acids is 2. The van der Waals surface area contributed by atoms with E-state index >= 15 is 0 Å². The zero-order chi connectivity index (χ0) is 17.0. The highest BCUT2D eigenvalue weighted by molar-refractivity contribution is 5.82. The molecule has 1 atom stereocenters. The molecular formula is C17H31N3O3. The van der Waals surface area contributed by atoms with Crippen molar-refractivity contribution in [1.29, 1.82) is 0 Å². The molecule has 2 rings (SSSR count). The Bertz CT molecular complexity index is 425. The van der Waals surface area contributed by atoms with Crippen molar-refractivity contribution >= 4 is 12.0 Å². The molecule has 2 amide bonds. The van der Waals surface area contributed by atoms with E-state index in [-0.39, 0.29) is 18.0 Å². The molecule has 23 heavy (non-hydrogen) atoms. The number of nitrogens with zero attached hydrogens (tertiary/aromatic N) is 3. The second kappa shape index (κ2) is 7.51. The van der Waals surface area contributed by atoms with Crippen LogP contribution in [0.4, 0.5) is 4.79 Å². The average molecular weight is 325 g/mol. The molecule has 0 radical (unpaired) electrons. The van der Waals surface area contributed by atoms with Crippen LogP contribution in [0.3, 0.4) is 0 Å². The molecule has 0 aromatic carbocycles. The molecule has 0 bridgehead atoms. The Balaban J connectivity index is 1.86. The predicted molar refractivity (Wildman–Crippen MR) is 89.3 cm³/mol. The van der Waals surface area contributed by atoms with Crippen molar-refractivity contribution in [2.45, 2.75) is 58.6 Å². The van der Waals surface area contributed by atoms with Crippen LogP contribution >= 0.6 is 0 Å². The summed E-state index contributed by atoms with van der Waals surface area (Å²) >= 11 is 0. The maximum Gasteiger partial charge on any atom is 0.410 e. The molecule has 0 saturated carbocycles. The van der Waals surface area contributed by atoms with Crippen molar-refractivity contribution in [3.05, 3.63) is 0 Å². The van der Waals surface area contributed by atoms with Gasteiger partial charge in [0.1, 0.15) is 5.60 Å². The second-order valence-corrected chi connectivity index (χ2v) is 7.43. The Hall–Kier alpha value is -1.30. The van der Waals surface area contributed by atoms with Gasteiger partial charge < -0.3 is 14.5 Å². The van der Waals surface area contributed by atoms with Crippen molar-refractivity contribution in [2.24, 2.45) is 0 Å². The molecule has 2 heterocycles. The fraction of sp³-hybridized carbons (Fsp3) is 0.882. The van der Waals surface area contributed by atoms with E-state index in [1.807, 2.05) is 25.7 Å². The van der Waals surface area contributed by atoms with Gasteiger partial charge in [-0.1, -0.05) is 13.3 Å². The van der Waals surface area contributed by atoms with E-state index in [0.717, 1.165) is 25.9 Å². The standard InChI is InChI=1S/C17H31N3O3/c1-5-18-9-7-6-8-14(18)15(21)19-10-12-20(13-11-19)16(22)23-17(2,3)4/h14H,5-13H2,1-4H3/t14-/m0/s1. The highest BCUT2D eigenvalue weighted by Crippen LogP contribution is 2.20. The minimum atomic E-state index is -0.478. The lowest BCUT2D eigenvalue weighted by atomic mass is 10.0. The molecule has 6 nitrogen and oxygen atoms in total. The van der Waals surface area contributed by atoms with Gasteiger partial charge in [-0.3, -0.25) is 9.69 Å². The average Bonchev–Trinajstić information content (AvgIpc) is 2.52. The number of ether oxygens (including phenoxy) is 1. The minimum Gasteiger partial charge on any atom is -0.444 e. The lowest BCUT2D eigenvalue weighted by Crippen LogP contribution is -2.57. The SMILES string of the molecule is CCN1CCCC[C@H]1C(=O)N1CCN(C(=O)OC(C)(C)C)CC1. The normalized spacial score (nSPS) is 23.7. The summed E-state index contributed by atoms with van der Waals surface area (Å²) < 4.78 is 5.40. The van der Waals surface area contributed by atoms with E-state index in [1.165, 1.54) is 6.42 Å². The van der Waals surface area contributed by atoms with E-state index in [1.54, 1.807) is 4.90 Å². The van der Waals surface area contributed by atoms with E-state index in [0.29, 0.717) is 26.2 Å². The molecule has 132 valence electrons. The number of carbonyl (C=O) groups is 2. The largest absolute Gasteiger partial charge is 0.444 e. The van der Waals surface area contributed by atoms with Gasteiger partial charge in [0, 0.05) is 26.2 Å². The summed E-state index contributed by atoms with van der Waals surface area (Å²) in [6, 6.07) is 0.0295. The van der Waals surface area contributed by atoms with Crippen LogP contribution in [0.25, 0.3) is 0 Å². The number of piperidine rings is 1. The summed E-state index contributed by atoms with van der Waals surface area (Å²) in [6.07, 6.45) is 2.99. The van der Waals surface area contributed by atoms with Gasteiger partial charge in [-0.25, -0.2) is 4.79 Å². The fourth-order valence-corrected chi connectivity index (χ4v) is 3.30. The molecule has 6 heteroatoms. The molecule has 2 aliphatic rings. The van der Waals surface area contributed by atoms with Gasteiger partial charge >= 0.3 is 6.09 Å². The van der Waals surface area contributed by atoms with E-state index < -0.39 is 5.60 Å². The first-order valence-corrected chi connectivity index (χ1v) is 8.82. The van der Waals surface area contributed by atoms with Crippen molar-refractivity contribution < 1.29 is 14.3 Å². The summed E-state index contributed by atoms with van der Waals surface area (Å²) in [7, 11) is 0. The summed E-state index contributed by atoms with van der Waals surface area (Å²) in [6.45, 7) is 12.0. The van der Waals surface area contributed by atoms with E-state index in [9.17, 15) is 9.59 Å². The fourth-order valence-electron chi connectivity index (χ4n) is 3.30. The van der Waals surface area contributed by atoms with Crippen LogP contribution in [0.15, 0.2) is 0 Å². The maximum absolute atomic E-state index is 12.8. The molecular weight excluding hydrogens is 294 g/mol. The van der Waals surface area contributed by atoms with Crippen LogP contribution in [0, 0.1) is 0 Å². The molecule has 0 N–H and O–H groups in total. The van der Waals surface area contributed by atoms with Gasteiger partial charge in [0.15, 0.2) is 0 Å². The highest BCUT2D eigenvalue weighted by Gasteiger charge is 2.34. The van der Waals surface area contributed by atoms with Crippen molar-refractivity contribution in [3.8, 4) is 0 Å².